The van der Waals surface area contributed by atoms with E-state index in [0.29, 0.717) is 22.9 Å². The molecule has 1 unspecified atom stereocenters. The van der Waals surface area contributed by atoms with Crippen molar-refractivity contribution < 1.29 is 14.6 Å². The van der Waals surface area contributed by atoms with Crippen LogP contribution in [-0.4, -0.2) is 23.2 Å². The number of hydrogen-bond donors (Lipinski definition) is 1. The molecule has 4 nitrogen and oxygen atoms in total. The zero-order chi connectivity index (χ0) is 14.5. The van der Waals surface area contributed by atoms with E-state index in [4.69, 9.17) is 16.3 Å². The Bertz CT molecular complexity index is 616. The molecule has 0 aliphatic rings. The predicted molar refractivity (Wildman–Crippen MR) is 76.3 cm³/mol. The largest absolute Gasteiger partial charge is 0.495 e. The van der Waals surface area contributed by atoms with Crippen LogP contribution in [0, 0.1) is 0 Å². The van der Waals surface area contributed by atoms with Gasteiger partial charge in [0.25, 0.3) is 0 Å². The van der Waals surface area contributed by atoms with Crippen LogP contribution in [0.5, 0.6) is 5.75 Å². The predicted octanol–water partition coefficient (Wildman–Crippen LogP) is 3.15. The van der Waals surface area contributed by atoms with E-state index >= 15 is 0 Å². The van der Waals surface area contributed by atoms with Crippen molar-refractivity contribution in [1.82, 2.24) is 4.98 Å². The molecule has 0 saturated carbocycles. The quantitative estimate of drug-likeness (QED) is 0.919. The summed E-state index contributed by atoms with van der Waals surface area (Å²) in [6.45, 7) is 0. The summed E-state index contributed by atoms with van der Waals surface area (Å²) in [6, 6.07) is 10.6. The van der Waals surface area contributed by atoms with Crippen LogP contribution in [0.2, 0.25) is 5.02 Å². The smallest absolute Gasteiger partial charge is 0.313 e. The molecule has 0 fully saturated rings. The van der Waals surface area contributed by atoms with Gasteiger partial charge in [0.15, 0.2) is 0 Å². The van der Waals surface area contributed by atoms with Gasteiger partial charge in [0.2, 0.25) is 0 Å². The van der Waals surface area contributed by atoms with Gasteiger partial charge in [0.1, 0.15) is 11.7 Å². The third kappa shape index (κ3) is 3.27. The molecule has 0 aliphatic carbocycles. The minimum Gasteiger partial charge on any atom is -0.495 e. The Morgan fingerprint density at radius 2 is 2.20 bits per heavy atom. The second-order valence-corrected chi connectivity index (χ2v) is 4.75. The Kier molecular flexibility index (Phi) is 4.58. The molecule has 2 rings (SSSR count). The molecule has 1 aromatic heterocycles. The van der Waals surface area contributed by atoms with E-state index in [0.717, 1.165) is 5.56 Å². The molecule has 0 spiro atoms. The first kappa shape index (κ1) is 14.3. The molecular weight excluding hydrogens is 278 g/mol. The molecule has 0 aliphatic heterocycles. The number of rotatable bonds is 5. The Morgan fingerprint density at radius 1 is 1.40 bits per heavy atom. The van der Waals surface area contributed by atoms with Gasteiger partial charge in [0.05, 0.1) is 12.8 Å². The average molecular weight is 292 g/mol. The summed E-state index contributed by atoms with van der Waals surface area (Å²) in [4.78, 5) is 15.7. The Morgan fingerprint density at radius 3 is 2.85 bits per heavy atom. The summed E-state index contributed by atoms with van der Waals surface area (Å²) in [5.74, 6) is -1.24. The van der Waals surface area contributed by atoms with Crippen LogP contribution in [0.25, 0.3) is 0 Å². The lowest BCUT2D eigenvalue weighted by molar-refractivity contribution is -0.138. The second kappa shape index (κ2) is 6.39. The number of nitrogens with zero attached hydrogens (tertiary/aromatic N) is 1. The van der Waals surface area contributed by atoms with E-state index in [1.54, 1.807) is 36.5 Å². The van der Waals surface area contributed by atoms with Crippen molar-refractivity contribution >= 4 is 17.6 Å². The van der Waals surface area contributed by atoms with Crippen LogP contribution in [0.3, 0.4) is 0 Å². The number of aliphatic carboxylic acids is 1. The van der Waals surface area contributed by atoms with Crippen molar-refractivity contribution in [1.29, 1.82) is 0 Å². The second-order valence-electron chi connectivity index (χ2n) is 4.32. The summed E-state index contributed by atoms with van der Waals surface area (Å²) in [5, 5.41) is 10.0. The zero-order valence-electron chi connectivity index (χ0n) is 10.9. The first-order valence-corrected chi connectivity index (χ1v) is 6.45. The number of aromatic nitrogens is 1. The van der Waals surface area contributed by atoms with E-state index in [2.05, 4.69) is 4.98 Å². The SMILES string of the molecule is COc1cccnc1C(Cc1cccc(Cl)c1)C(=O)O. The number of pyridine rings is 1. The van der Waals surface area contributed by atoms with Crippen molar-refractivity contribution in [2.45, 2.75) is 12.3 Å². The molecule has 1 aromatic carbocycles. The van der Waals surface area contributed by atoms with Crippen LogP contribution in [0.15, 0.2) is 42.6 Å². The molecule has 1 N–H and O–H groups in total. The molecule has 0 radical (unpaired) electrons. The van der Waals surface area contributed by atoms with E-state index in [1.165, 1.54) is 7.11 Å². The maximum absolute atomic E-state index is 11.5. The Labute approximate surface area is 122 Å². The molecule has 20 heavy (non-hydrogen) atoms. The van der Waals surface area contributed by atoms with Crippen LogP contribution in [0.1, 0.15) is 17.2 Å². The summed E-state index contributed by atoms with van der Waals surface area (Å²) < 4.78 is 5.19. The molecule has 0 saturated heterocycles. The summed E-state index contributed by atoms with van der Waals surface area (Å²) in [6.07, 6.45) is 1.87. The highest BCUT2D eigenvalue weighted by molar-refractivity contribution is 6.30. The van der Waals surface area contributed by atoms with E-state index in [9.17, 15) is 9.90 Å². The van der Waals surface area contributed by atoms with Gasteiger partial charge < -0.3 is 9.84 Å². The van der Waals surface area contributed by atoms with E-state index < -0.39 is 11.9 Å². The average Bonchev–Trinajstić information content (AvgIpc) is 2.44. The van der Waals surface area contributed by atoms with E-state index in [1.807, 2.05) is 6.07 Å². The molecule has 1 atom stereocenters. The molecule has 2 aromatic rings. The fourth-order valence-corrected chi connectivity index (χ4v) is 2.25. The standard InChI is InChI=1S/C15H14ClNO3/c1-20-13-6-3-7-17-14(13)12(15(18)19)9-10-4-2-5-11(16)8-10/h2-8,12H,9H2,1H3,(H,18,19). The highest BCUT2D eigenvalue weighted by Gasteiger charge is 2.25. The van der Waals surface area contributed by atoms with Crippen LogP contribution in [0.4, 0.5) is 0 Å². The van der Waals surface area contributed by atoms with Gasteiger partial charge in [-0.15, -0.1) is 0 Å². The minimum absolute atomic E-state index is 0.309. The van der Waals surface area contributed by atoms with Crippen molar-refractivity contribution in [2.24, 2.45) is 0 Å². The normalized spacial score (nSPS) is 11.9. The van der Waals surface area contributed by atoms with Crippen molar-refractivity contribution in [3.8, 4) is 5.75 Å². The highest BCUT2D eigenvalue weighted by Crippen LogP contribution is 2.28. The fourth-order valence-electron chi connectivity index (χ4n) is 2.04. The topological polar surface area (TPSA) is 59.4 Å². The third-order valence-corrected chi connectivity index (χ3v) is 3.21. The zero-order valence-corrected chi connectivity index (χ0v) is 11.7. The van der Waals surface area contributed by atoms with Crippen molar-refractivity contribution in [3.05, 3.63) is 58.9 Å². The molecule has 5 heteroatoms. The van der Waals surface area contributed by atoms with Gasteiger partial charge in [0, 0.05) is 11.2 Å². The number of methoxy groups -OCH3 is 1. The Hall–Kier alpha value is -2.07. The number of halogens is 1. The lowest BCUT2D eigenvalue weighted by atomic mass is 9.95. The first-order valence-electron chi connectivity index (χ1n) is 6.08. The third-order valence-electron chi connectivity index (χ3n) is 2.98. The summed E-state index contributed by atoms with van der Waals surface area (Å²) >= 11 is 5.92. The number of ether oxygens (including phenoxy) is 1. The van der Waals surface area contributed by atoms with Gasteiger partial charge in [-0.25, -0.2) is 0 Å². The molecule has 1 heterocycles. The van der Waals surface area contributed by atoms with E-state index in [-0.39, 0.29) is 0 Å². The van der Waals surface area contributed by atoms with Crippen molar-refractivity contribution in [2.75, 3.05) is 7.11 Å². The van der Waals surface area contributed by atoms with Gasteiger partial charge in [-0.2, -0.15) is 0 Å². The van der Waals surface area contributed by atoms with Gasteiger partial charge in [-0.1, -0.05) is 23.7 Å². The lowest BCUT2D eigenvalue weighted by Crippen LogP contribution is -2.16. The molecular formula is C15H14ClNO3. The summed E-state index contributed by atoms with van der Waals surface area (Å²) in [5.41, 5.74) is 1.26. The number of hydrogen-bond acceptors (Lipinski definition) is 3. The minimum atomic E-state index is -0.943. The lowest BCUT2D eigenvalue weighted by Gasteiger charge is -2.15. The fraction of sp³-hybridized carbons (Fsp3) is 0.200. The molecule has 104 valence electrons. The van der Waals surface area contributed by atoms with Crippen LogP contribution < -0.4 is 4.74 Å². The Balaban J connectivity index is 2.34. The highest BCUT2D eigenvalue weighted by atomic mass is 35.5. The molecule has 0 amide bonds. The summed E-state index contributed by atoms with van der Waals surface area (Å²) in [7, 11) is 1.50. The maximum atomic E-state index is 11.5. The van der Waals surface area contributed by atoms with Crippen LogP contribution in [-0.2, 0) is 11.2 Å². The number of carbonyl (C=O) groups is 1. The molecule has 0 bridgehead atoms. The van der Waals surface area contributed by atoms with Gasteiger partial charge in [-0.05, 0) is 36.2 Å². The number of benzene rings is 1. The van der Waals surface area contributed by atoms with Crippen molar-refractivity contribution in [3.63, 3.8) is 0 Å². The van der Waals surface area contributed by atoms with Gasteiger partial charge >= 0.3 is 5.97 Å². The van der Waals surface area contributed by atoms with Crippen LogP contribution >= 0.6 is 11.6 Å². The number of carboxylic acids is 1. The van der Waals surface area contributed by atoms with Gasteiger partial charge in [-0.3, -0.25) is 9.78 Å². The monoisotopic (exact) mass is 291 g/mol. The maximum Gasteiger partial charge on any atom is 0.313 e. The first-order chi connectivity index (χ1) is 9.61. The number of carboxylic acid groups (broad SMARTS) is 1.